The molecule has 0 saturated carbocycles. The number of piperidine rings is 1. The van der Waals surface area contributed by atoms with Crippen molar-refractivity contribution in [1.29, 1.82) is 0 Å². The van der Waals surface area contributed by atoms with Gasteiger partial charge < -0.3 is 4.90 Å². The van der Waals surface area contributed by atoms with Crippen molar-refractivity contribution >= 4 is 5.91 Å². The number of aromatic nitrogens is 5. The zero-order valence-electron chi connectivity index (χ0n) is 13.1. The summed E-state index contributed by atoms with van der Waals surface area (Å²) in [4.78, 5) is 18.8. The molecule has 0 bridgehead atoms. The average molecular weight is 302 g/mol. The predicted octanol–water partition coefficient (Wildman–Crippen LogP) is 1.20. The predicted molar refractivity (Wildman–Crippen MR) is 81.3 cm³/mol. The van der Waals surface area contributed by atoms with Crippen LogP contribution in [0.5, 0.6) is 0 Å². The number of nitrogens with one attached hydrogen (secondary N) is 1. The van der Waals surface area contributed by atoms with Gasteiger partial charge in [-0.05, 0) is 24.8 Å². The number of hydrogen-bond acceptors (Lipinski definition) is 4. The number of amides is 1. The summed E-state index contributed by atoms with van der Waals surface area (Å²) in [5, 5.41) is 11.3. The molecule has 0 aliphatic carbocycles. The van der Waals surface area contributed by atoms with Gasteiger partial charge in [0, 0.05) is 39.2 Å². The second kappa shape index (κ2) is 6.29. The molecule has 1 saturated heterocycles. The maximum absolute atomic E-state index is 12.4. The number of H-pyrrole nitrogens is 1. The van der Waals surface area contributed by atoms with Gasteiger partial charge in [-0.15, -0.1) is 0 Å². The molecule has 7 nitrogen and oxygen atoms in total. The molecule has 0 aromatic carbocycles. The maximum Gasteiger partial charge on any atom is 0.272 e. The van der Waals surface area contributed by atoms with E-state index in [1.54, 1.807) is 24.0 Å². The third-order valence-corrected chi connectivity index (χ3v) is 4.32. The van der Waals surface area contributed by atoms with Crippen LogP contribution in [0.2, 0.25) is 0 Å². The van der Waals surface area contributed by atoms with Crippen LogP contribution in [-0.2, 0) is 19.9 Å². The number of carbonyl (C=O) groups excluding carboxylic acids is 1. The lowest BCUT2D eigenvalue weighted by molar-refractivity contribution is 0.0678. The van der Waals surface area contributed by atoms with Gasteiger partial charge in [-0.25, -0.2) is 4.98 Å². The zero-order chi connectivity index (χ0) is 15.5. The van der Waals surface area contributed by atoms with Gasteiger partial charge >= 0.3 is 0 Å². The number of aromatic amines is 1. The number of likely N-dealkylation sites (tertiary alicyclic amines) is 1. The van der Waals surface area contributed by atoms with E-state index in [9.17, 15) is 4.79 Å². The lowest BCUT2D eigenvalue weighted by Crippen LogP contribution is -2.39. The summed E-state index contributed by atoms with van der Waals surface area (Å²) in [6.45, 7) is 3.64. The van der Waals surface area contributed by atoms with E-state index >= 15 is 0 Å². The molecule has 1 aliphatic heterocycles. The quantitative estimate of drug-likeness (QED) is 0.920. The lowest BCUT2D eigenvalue weighted by Gasteiger charge is -2.31. The Kier molecular flexibility index (Phi) is 4.22. The minimum atomic E-state index is 0.0754. The minimum absolute atomic E-state index is 0.0754. The molecular formula is C15H22N6O. The van der Waals surface area contributed by atoms with Crippen LogP contribution in [0.3, 0.4) is 0 Å². The van der Waals surface area contributed by atoms with Crippen LogP contribution in [0, 0.1) is 5.92 Å². The standard InChI is InChI=1S/C15H22N6O/c1-3-13-17-14(19-18-13)10-11-5-8-21(9-6-11)15(22)12-4-7-16-20(12)2/h4,7,11H,3,5-6,8-10H2,1-2H3,(H,17,18,19). The molecule has 0 radical (unpaired) electrons. The van der Waals surface area contributed by atoms with Crippen LogP contribution < -0.4 is 0 Å². The van der Waals surface area contributed by atoms with E-state index in [0.29, 0.717) is 11.6 Å². The van der Waals surface area contributed by atoms with Gasteiger partial charge in [0.15, 0.2) is 0 Å². The van der Waals surface area contributed by atoms with E-state index < -0.39 is 0 Å². The van der Waals surface area contributed by atoms with E-state index in [4.69, 9.17) is 0 Å². The van der Waals surface area contributed by atoms with Crippen LogP contribution in [0.15, 0.2) is 12.3 Å². The molecule has 1 aliphatic rings. The van der Waals surface area contributed by atoms with E-state index in [1.807, 2.05) is 4.90 Å². The first kappa shape index (κ1) is 14.7. The van der Waals surface area contributed by atoms with E-state index in [1.165, 1.54) is 0 Å². The first-order valence-electron chi connectivity index (χ1n) is 7.84. The van der Waals surface area contributed by atoms with E-state index in [-0.39, 0.29) is 5.91 Å². The number of nitrogens with zero attached hydrogens (tertiary/aromatic N) is 5. The van der Waals surface area contributed by atoms with Crippen molar-refractivity contribution in [2.24, 2.45) is 13.0 Å². The number of hydrogen-bond donors (Lipinski definition) is 1. The summed E-state index contributed by atoms with van der Waals surface area (Å²) in [7, 11) is 1.80. The second-order valence-corrected chi connectivity index (χ2v) is 5.83. The Hall–Kier alpha value is -2.18. The van der Waals surface area contributed by atoms with Gasteiger partial charge in [-0.2, -0.15) is 10.2 Å². The summed E-state index contributed by atoms with van der Waals surface area (Å²) in [6.07, 6.45) is 5.45. The van der Waals surface area contributed by atoms with Crippen LogP contribution in [0.25, 0.3) is 0 Å². The summed E-state index contributed by atoms with van der Waals surface area (Å²) in [6, 6.07) is 1.77. The maximum atomic E-state index is 12.4. The third-order valence-electron chi connectivity index (χ3n) is 4.32. The molecule has 0 unspecified atom stereocenters. The number of carbonyl (C=O) groups is 1. The Morgan fingerprint density at radius 2 is 2.18 bits per heavy atom. The Bertz CT molecular complexity index is 638. The highest BCUT2D eigenvalue weighted by atomic mass is 16.2. The molecule has 2 aromatic rings. The van der Waals surface area contributed by atoms with Gasteiger partial charge in [0.25, 0.3) is 5.91 Å². The summed E-state index contributed by atoms with van der Waals surface area (Å²) < 4.78 is 1.63. The van der Waals surface area contributed by atoms with Crippen molar-refractivity contribution in [3.05, 3.63) is 29.6 Å². The second-order valence-electron chi connectivity index (χ2n) is 5.83. The van der Waals surface area contributed by atoms with Gasteiger partial charge in [0.1, 0.15) is 17.3 Å². The lowest BCUT2D eigenvalue weighted by atomic mass is 9.93. The first-order chi connectivity index (χ1) is 10.7. The smallest absolute Gasteiger partial charge is 0.272 e. The summed E-state index contributed by atoms with van der Waals surface area (Å²) in [5.41, 5.74) is 0.654. The zero-order valence-corrected chi connectivity index (χ0v) is 13.1. The van der Waals surface area contributed by atoms with Crippen LogP contribution >= 0.6 is 0 Å². The highest BCUT2D eigenvalue weighted by molar-refractivity contribution is 5.92. The normalized spacial score (nSPS) is 16.2. The van der Waals surface area contributed by atoms with Gasteiger partial charge in [0.2, 0.25) is 0 Å². The SMILES string of the molecule is CCc1n[nH]c(CC2CCN(C(=O)c3ccnn3C)CC2)n1. The molecule has 1 N–H and O–H groups in total. The summed E-state index contributed by atoms with van der Waals surface area (Å²) in [5.74, 6) is 2.48. The van der Waals surface area contributed by atoms with Crippen LogP contribution in [0.4, 0.5) is 0 Å². The Morgan fingerprint density at radius 3 is 2.77 bits per heavy atom. The Labute approximate surface area is 129 Å². The van der Waals surface area contributed by atoms with Gasteiger partial charge in [0.05, 0.1) is 0 Å². The third kappa shape index (κ3) is 3.03. The van der Waals surface area contributed by atoms with Crippen molar-refractivity contribution in [1.82, 2.24) is 29.9 Å². The van der Waals surface area contributed by atoms with Crippen molar-refractivity contribution in [2.75, 3.05) is 13.1 Å². The highest BCUT2D eigenvalue weighted by Crippen LogP contribution is 2.21. The molecule has 22 heavy (non-hydrogen) atoms. The molecule has 1 fully saturated rings. The number of aryl methyl sites for hydroxylation is 2. The van der Waals surface area contributed by atoms with Crippen molar-refractivity contribution in [2.45, 2.75) is 32.6 Å². The van der Waals surface area contributed by atoms with E-state index in [2.05, 4.69) is 27.2 Å². The molecule has 1 amide bonds. The van der Waals surface area contributed by atoms with Crippen LogP contribution in [-0.4, -0.2) is 48.9 Å². The fourth-order valence-corrected chi connectivity index (χ4v) is 2.94. The van der Waals surface area contributed by atoms with Crippen molar-refractivity contribution in [3.8, 4) is 0 Å². The van der Waals surface area contributed by atoms with Crippen molar-refractivity contribution < 1.29 is 4.79 Å². The molecule has 7 heteroatoms. The largest absolute Gasteiger partial charge is 0.337 e. The molecule has 0 atom stereocenters. The monoisotopic (exact) mass is 302 g/mol. The van der Waals surface area contributed by atoms with Crippen molar-refractivity contribution in [3.63, 3.8) is 0 Å². The number of rotatable bonds is 4. The van der Waals surface area contributed by atoms with E-state index in [0.717, 1.165) is 50.4 Å². The van der Waals surface area contributed by atoms with Gasteiger partial charge in [-0.1, -0.05) is 6.92 Å². The fourth-order valence-electron chi connectivity index (χ4n) is 2.94. The molecule has 3 heterocycles. The highest BCUT2D eigenvalue weighted by Gasteiger charge is 2.25. The van der Waals surface area contributed by atoms with Crippen LogP contribution in [0.1, 0.15) is 41.9 Å². The average Bonchev–Trinajstić information content (AvgIpc) is 3.16. The Balaban J connectivity index is 1.54. The molecule has 118 valence electrons. The topological polar surface area (TPSA) is 79.7 Å². The molecule has 0 spiro atoms. The van der Waals surface area contributed by atoms with Gasteiger partial charge in [-0.3, -0.25) is 14.6 Å². The Morgan fingerprint density at radius 1 is 1.41 bits per heavy atom. The molecule has 3 rings (SSSR count). The molecular weight excluding hydrogens is 280 g/mol. The first-order valence-corrected chi connectivity index (χ1v) is 7.84. The minimum Gasteiger partial charge on any atom is -0.337 e. The fraction of sp³-hybridized carbons (Fsp3) is 0.600. The molecule has 2 aromatic heterocycles. The summed E-state index contributed by atoms with van der Waals surface area (Å²) >= 11 is 0.